The fourth-order valence-corrected chi connectivity index (χ4v) is 4.89. The Balaban J connectivity index is 2.43. The van der Waals surface area contributed by atoms with Crippen molar-refractivity contribution in [1.82, 2.24) is 5.32 Å². The minimum atomic E-state index is -0.561. The van der Waals surface area contributed by atoms with Crippen LogP contribution in [0.1, 0.15) is 30.5 Å². The molecule has 2 aromatic rings. The van der Waals surface area contributed by atoms with Crippen molar-refractivity contribution in [1.29, 1.82) is 0 Å². The lowest BCUT2D eigenvalue weighted by Gasteiger charge is -2.19. The molecule has 0 fully saturated rings. The normalized spacial score (nSPS) is 12.7. The molecule has 0 radical (unpaired) electrons. The van der Waals surface area contributed by atoms with E-state index in [-0.39, 0.29) is 6.04 Å². The monoisotopic (exact) mass is 423 g/mol. The third kappa shape index (κ3) is 3.87. The van der Waals surface area contributed by atoms with Crippen LogP contribution in [0.5, 0.6) is 0 Å². The van der Waals surface area contributed by atoms with Crippen molar-refractivity contribution in [3.05, 3.63) is 54.6 Å². The van der Waals surface area contributed by atoms with E-state index in [2.05, 4.69) is 44.1 Å². The summed E-state index contributed by atoms with van der Waals surface area (Å²) in [6.45, 7) is 2.82. The van der Waals surface area contributed by atoms with Crippen LogP contribution >= 0.6 is 43.2 Å². The Morgan fingerprint density at radius 1 is 1.15 bits per heavy atom. The van der Waals surface area contributed by atoms with Crippen LogP contribution in [0, 0.1) is 11.6 Å². The SMILES string of the molecule is CCCNC(c1cc(F)cc(F)c1)c1cc(Br)sc1Br. The van der Waals surface area contributed by atoms with Crippen LogP contribution < -0.4 is 5.32 Å². The summed E-state index contributed by atoms with van der Waals surface area (Å²) in [5.74, 6) is -1.12. The molecule has 20 heavy (non-hydrogen) atoms. The third-order valence-corrected chi connectivity index (χ3v) is 5.20. The van der Waals surface area contributed by atoms with Gasteiger partial charge < -0.3 is 5.32 Å². The molecule has 1 atom stereocenters. The van der Waals surface area contributed by atoms with E-state index in [1.807, 2.05) is 6.07 Å². The molecule has 0 aliphatic rings. The van der Waals surface area contributed by atoms with E-state index in [0.29, 0.717) is 5.56 Å². The lowest BCUT2D eigenvalue weighted by Crippen LogP contribution is -2.23. The summed E-state index contributed by atoms with van der Waals surface area (Å²) < 4.78 is 28.8. The molecule has 6 heteroatoms. The Kier molecular flexibility index (Phi) is 5.72. The Morgan fingerprint density at radius 3 is 2.30 bits per heavy atom. The number of hydrogen-bond acceptors (Lipinski definition) is 2. The molecule has 2 rings (SSSR count). The first-order valence-electron chi connectivity index (χ1n) is 6.15. The van der Waals surface area contributed by atoms with Gasteiger partial charge in [-0.3, -0.25) is 0 Å². The molecule has 1 heterocycles. The highest BCUT2D eigenvalue weighted by Crippen LogP contribution is 2.38. The van der Waals surface area contributed by atoms with Gasteiger partial charge in [0.15, 0.2) is 0 Å². The summed E-state index contributed by atoms with van der Waals surface area (Å²) in [6.07, 6.45) is 0.942. The second-order valence-electron chi connectivity index (χ2n) is 4.37. The maximum absolute atomic E-state index is 13.4. The largest absolute Gasteiger partial charge is 0.306 e. The fourth-order valence-electron chi connectivity index (χ4n) is 1.99. The molecule has 1 aromatic heterocycles. The zero-order valence-electron chi connectivity index (χ0n) is 10.7. The molecule has 0 spiro atoms. The smallest absolute Gasteiger partial charge is 0.126 e. The summed E-state index contributed by atoms with van der Waals surface area (Å²) in [7, 11) is 0. The Morgan fingerprint density at radius 2 is 1.80 bits per heavy atom. The van der Waals surface area contributed by atoms with Crippen LogP contribution in [0.2, 0.25) is 0 Å². The lowest BCUT2D eigenvalue weighted by atomic mass is 10.0. The predicted octanol–water partition coefficient (Wildman–Crippen LogP) is 5.64. The van der Waals surface area contributed by atoms with Crippen molar-refractivity contribution in [3.63, 3.8) is 0 Å². The van der Waals surface area contributed by atoms with Crippen molar-refractivity contribution < 1.29 is 8.78 Å². The molecule has 1 nitrogen and oxygen atoms in total. The van der Waals surface area contributed by atoms with Gasteiger partial charge in [-0.1, -0.05) is 6.92 Å². The van der Waals surface area contributed by atoms with Gasteiger partial charge in [0.2, 0.25) is 0 Å². The van der Waals surface area contributed by atoms with Gasteiger partial charge in [-0.2, -0.15) is 0 Å². The maximum Gasteiger partial charge on any atom is 0.126 e. The standard InChI is InChI=1S/C14H13Br2F2NS/c1-2-3-19-13(11-7-12(15)20-14(11)16)8-4-9(17)6-10(18)5-8/h4-7,13,19H,2-3H2,1H3. The van der Waals surface area contributed by atoms with Gasteiger partial charge in [-0.05, 0) is 74.2 Å². The van der Waals surface area contributed by atoms with Crippen LogP contribution in [0.4, 0.5) is 8.78 Å². The second kappa shape index (κ2) is 7.11. The molecule has 1 unspecified atom stereocenters. The van der Waals surface area contributed by atoms with Gasteiger partial charge in [0.1, 0.15) is 11.6 Å². The highest BCUT2D eigenvalue weighted by atomic mass is 79.9. The molecular weight excluding hydrogens is 412 g/mol. The van der Waals surface area contributed by atoms with Crippen molar-refractivity contribution in [3.8, 4) is 0 Å². The van der Waals surface area contributed by atoms with Crippen LogP contribution in [0.3, 0.4) is 0 Å². The number of thiophene rings is 1. The molecule has 1 N–H and O–H groups in total. The number of nitrogens with one attached hydrogen (secondary N) is 1. The van der Waals surface area contributed by atoms with Gasteiger partial charge in [0, 0.05) is 6.07 Å². The van der Waals surface area contributed by atoms with Crippen LogP contribution in [-0.2, 0) is 0 Å². The highest BCUT2D eigenvalue weighted by Gasteiger charge is 2.20. The fraction of sp³-hybridized carbons (Fsp3) is 0.286. The maximum atomic E-state index is 13.4. The summed E-state index contributed by atoms with van der Waals surface area (Å²) >= 11 is 8.48. The van der Waals surface area contributed by atoms with E-state index in [1.54, 1.807) is 0 Å². The van der Waals surface area contributed by atoms with Gasteiger partial charge in [0.25, 0.3) is 0 Å². The summed E-state index contributed by atoms with van der Waals surface area (Å²) in [4.78, 5) is 0. The molecule has 1 aromatic carbocycles. The molecule has 0 saturated carbocycles. The molecule has 0 amide bonds. The molecule has 0 aliphatic heterocycles. The van der Waals surface area contributed by atoms with Gasteiger partial charge >= 0.3 is 0 Å². The zero-order chi connectivity index (χ0) is 14.7. The van der Waals surface area contributed by atoms with E-state index in [0.717, 1.165) is 32.2 Å². The van der Waals surface area contributed by atoms with Crippen molar-refractivity contribution in [2.45, 2.75) is 19.4 Å². The third-order valence-electron chi connectivity index (χ3n) is 2.81. The minimum absolute atomic E-state index is 0.239. The quantitative estimate of drug-likeness (QED) is 0.654. The molecular formula is C14H13Br2F2NS. The zero-order valence-corrected chi connectivity index (χ0v) is 14.7. The second-order valence-corrected chi connectivity index (χ2v) is 8.12. The summed E-state index contributed by atoms with van der Waals surface area (Å²) in [5, 5.41) is 3.33. The lowest BCUT2D eigenvalue weighted by molar-refractivity contribution is 0.558. The topological polar surface area (TPSA) is 12.0 Å². The first-order chi connectivity index (χ1) is 9.51. The first-order valence-corrected chi connectivity index (χ1v) is 8.55. The Hall–Kier alpha value is -0.300. The van der Waals surface area contributed by atoms with Crippen molar-refractivity contribution in [2.75, 3.05) is 6.54 Å². The van der Waals surface area contributed by atoms with E-state index in [1.165, 1.54) is 23.5 Å². The van der Waals surface area contributed by atoms with E-state index < -0.39 is 11.6 Å². The molecule has 0 bridgehead atoms. The highest BCUT2D eigenvalue weighted by molar-refractivity contribution is 9.12. The molecule has 0 saturated heterocycles. The van der Waals surface area contributed by atoms with Crippen LogP contribution in [0.15, 0.2) is 31.8 Å². The number of hydrogen-bond donors (Lipinski definition) is 1. The van der Waals surface area contributed by atoms with Crippen LogP contribution in [-0.4, -0.2) is 6.54 Å². The van der Waals surface area contributed by atoms with Gasteiger partial charge in [0.05, 0.1) is 13.6 Å². The molecule has 108 valence electrons. The van der Waals surface area contributed by atoms with Crippen LogP contribution in [0.25, 0.3) is 0 Å². The van der Waals surface area contributed by atoms with Gasteiger partial charge in [-0.25, -0.2) is 8.78 Å². The summed E-state index contributed by atoms with van der Waals surface area (Å²) in [5.41, 5.74) is 1.56. The number of halogens is 4. The average Bonchev–Trinajstić information content (AvgIpc) is 2.68. The first kappa shape index (κ1) is 16.1. The van der Waals surface area contributed by atoms with Gasteiger partial charge in [-0.15, -0.1) is 11.3 Å². The van der Waals surface area contributed by atoms with Crippen molar-refractivity contribution in [2.24, 2.45) is 0 Å². The Labute approximate surface area is 137 Å². The average molecular weight is 425 g/mol. The number of benzene rings is 1. The van der Waals surface area contributed by atoms with Crippen molar-refractivity contribution >= 4 is 43.2 Å². The summed E-state index contributed by atoms with van der Waals surface area (Å²) in [6, 6.07) is 5.35. The van der Waals surface area contributed by atoms with E-state index in [9.17, 15) is 8.78 Å². The van der Waals surface area contributed by atoms with E-state index >= 15 is 0 Å². The molecule has 0 aliphatic carbocycles. The Bertz CT molecular complexity index is 581. The number of rotatable bonds is 5. The predicted molar refractivity (Wildman–Crippen MR) is 86.2 cm³/mol. The minimum Gasteiger partial charge on any atom is -0.306 e. The van der Waals surface area contributed by atoms with E-state index in [4.69, 9.17) is 0 Å².